The number of hydrogen-bond acceptors (Lipinski definition) is 6. The molecule has 1 amide bonds. The topological polar surface area (TPSA) is 110 Å². The molecule has 3 rings (SSSR count). The summed E-state index contributed by atoms with van der Waals surface area (Å²) in [5.74, 6) is 0.254. The van der Waals surface area contributed by atoms with E-state index in [9.17, 15) is 4.79 Å². The van der Waals surface area contributed by atoms with Crippen LogP contribution >= 0.6 is 0 Å². The smallest absolute Gasteiger partial charge is 0.226 e. The Morgan fingerprint density at radius 1 is 1.45 bits per heavy atom. The third kappa shape index (κ3) is 2.35. The van der Waals surface area contributed by atoms with Crippen LogP contribution in [0.2, 0.25) is 0 Å². The Balaban J connectivity index is 1.70. The summed E-state index contributed by atoms with van der Waals surface area (Å²) in [5.41, 5.74) is 1.28. The first-order valence-electron chi connectivity index (χ1n) is 6.10. The molecule has 0 saturated heterocycles. The largest absolute Gasteiger partial charge is 0.356 e. The second-order valence-corrected chi connectivity index (χ2v) is 4.36. The molecule has 2 heterocycles. The first-order valence-corrected chi connectivity index (χ1v) is 6.10. The molecule has 0 spiro atoms. The lowest BCUT2D eigenvalue weighted by molar-refractivity contribution is -0.121. The van der Waals surface area contributed by atoms with Crippen LogP contribution in [0.15, 0.2) is 28.8 Å². The number of para-hydroxylation sites is 1. The highest BCUT2D eigenvalue weighted by atomic mass is 16.5. The number of rotatable bonds is 4. The SMILES string of the molecule is CC(NC(=O)Cc1noc2ccccc12)c1nn[nH]n1. The van der Waals surface area contributed by atoms with Gasteiger partial charge in [-0.25, -0.2) is 0 Å². The number of aromatic amines is 1. The van der Waals surface area contributed by atoms with Gasteiger partial charge >= 0.3 is 0 Å². The first-order chi connectivity index (χ1) is 9.74. The van der Waals surface area contributed by atoms with E-state index in [2.05, 4.69) is 31.1 Å². The van der Waals surface area contributed by atoms with E-state index in [-0.39, 0.29) is 18.4 Å². The maximum atomic E-state index is 12.0. The molecule has 0 bridgehead atoms. The molecule has 8 heteroatoms. The Hall–Kier alpha value is -2.77. The monoisotopic (exact) mass is 272 g/mol. The van der Waals surface area contributed by atoms with Crippen LogP contribution in [-0.2, 0) is 11.2 Å². The third-order valence-electron chi connectivity index (χ3n) is 2.91. The molecule has 102 valence electrons. The summed E-state index contributed by atoms with van der Waals surface area (Å²) >= 11 is 0. The van der Waals surface area contributed by atoms with Crippen LogP contribution in [0.5, 0.6) is 0 Å². The number of benzene rings is 1. The molecule has 1 aromatic carbocycles. The highest BCUT2D eigenvalue weighted by molar-refractivity contribution is 5.86. The summed E-state index contributed by atoms with van der Waals surface area (Å²) in [5, 5.41) is 21.0. The summed E-state index contributed by atoms with van der Waals surface area (Å²) in [6, 6.07) is 7.10. The average molecular weight is 272 g/mol. The van der Waals surface area contributed by atoms with Gasteiger partial charge in [0.05, 0.1) is 12.5 Å². The molecule has 0 aliphatic carbocycles. The lowest BCUT2D eigenvalue weighted by Gasteiger charge is -2.08. The van der Waals surface area contributed by atoms with E-state index in [0.717, 1.165) is 5.39 Å². The van der Waals surface area contributed by atoms with Gasteiger partial charge in [0.1, 0.15) is 5.69 Å². The van der Waals surface area contributed by atoms with Crippen molar-refractivity contribution in [2.24, 2.45) is 0 Å². The minimum Gasteiger partial charge on any atom is -0.356 e. The van der Waals surface area contributed by atoms with E-state index in [1.807, 2.05) is 24.3 Å². The van der Waals surface area contributed by atoms with Crippen molar-refractivity contribution in [3.8, 4) is 0 Å². The van der Waals surface area contributed by atoms with Gasteiger partial charge in [-0.3, -0.25) is 4.79 Å². The minimum atomic E-state index is -0.320. The standard InChI is InChI=1S/C12H12N6O2/c1-7(12-14-17-18-15-12)13-11(19)6-9-8-4-2-3-5-10(8)20-16-9/h2-5,7H,6H2,1H3,(H,13,19)(H,14,15,17,18). The second kappa shape index (κ2) is 5.08. The van der Waals surface area contributed by atoms with Gasteiger partial charge in [0.15, 0.2) is 11.4 Å². The molecule has 3 aromatic rings. The van der Waals surface area contributed by atoms with Gasteiger partial charge in [-0.1, -0.05) is 22.5 Å². The molecule has 8 nitrogen and oxygen atoms in total. The Labute approximate surface area is 113 Å². The second-order valence-electron chi connectivity index (χ2n) is 4.36. The van der Waals surface area contributed by atoms with Crippen molar-refractivity contribution in [3.63, 3.8) is 0 Å². The van der Waals surface area contributed by atoms with Crippen LogP contribution in [0, 0.1) is 0 Å². The van der Waals surface area contributed by atoms with Crippen LogP contribution in [-0.4, -0.2) is 31.7 Å². The van der Waals surface area contributed by atoms with Crippen molar-refractivity contribution in [1.82, 2.24) is 31.1 Å². The lowest BCUT2D eigenvalue weighted by atomic mass is 10.1. The van der Waals surface area contributed by atoms with Crippen molar-refractivity contribution < 1.29 is 9.32 Å². The summed E-state index contributed by atoms with van der Waals surface area (Å²) in [6.45, 7) is 1.78. The maximum Gasteiger partial charge on any atom is 0.226 e. The zero-order chi connectivity index (χ0) is 13.9. The number of nitrogens with one attached hydrogen (secondary N) is 2. The van der Waals surface area contributed by atoms with Gasteiger partial charge in [0.2, 0.25) is 5.91 Å². The van der Waals surface area contributed by atoms with Crippen molar-refractivity contribution in [3.05, 3.63) is 35.8 Å². The van der Waals surface area contributed by atoms with Gasteiger partial charge in [0.25, 0.3) is 0 Å². The minimum absolute atomic E-state index is 0.138. The highest BCUT2D eigenvalue weighted by Crippen LogP contribution is 2.18. The average Bonchev–Trinajstić information content (AvgIpc) is 3.09. The van der Waals surface area contributed by atoms with Crippen molar-refractivity contribution in [1.29, 1.82) is 0 Å². The number of carbonyl (C=O) groups excluding carboxylic acids is 1. The fourth-order valence-corrected chi connectivity index (χ4v) is 1.93. The van der Waals surface area contributed by atoms with E-state index < -0.39 is 0 Å². The molecular formula is C12H12N6O2. The quantitative estimate of drug-likeness (QED) is 0.725. The molecule has 1 atom stereocenters. The van der Waals surface area contributed by atoms with Crippen LogP contribution in [0.4, 0.5) is 0 Å². The number of hydrogen-bond donors (Lipinski definition) is 2. The highest BCUT2D eigenvalue weighted by Gasteiger charge is 2.16. The Morgan fingerprint density at radius 2 is 2.30 bits per heavy atom. The number of H-pyrrole nitrogens is 1. The predicted molar refractivity (Wildman–Crippen MR) is 68.4 cm³/mol. The fourth-order valence-electron chi connectivity index (χ4n) is 1.93. The van der Waals surface area contributed by atoms with E-state index in [1.165, 1.54) is 0 Å². The third-order valence-corrected chi connectivity index (χ3v) is 2.91. The van der Waals surface area contributed by atoms with Gasteiger partial charge in [-0.05, 0) is 19.1 Å². The van der Waals surface area contributed by atoms with Crippen molar-refractivity contribution in [2.75, 3.05) is 0 Å². The molecule has 0 aliphatic heterocycles. The molecule has 0 aliphatic rings. The van der Waals surface area contributed by atoms with Gasteiger partial charge in [-0.15, -0.1) is 10.2 Å². The Kier molecular flexibility index (Phi) is 3.12. The summed E-state index contributed by atoms with van der Waals surface area (Å²) in [6.07, 6.45) is 0.138. The van der Waals surface area contributed by atoms with Crippen molar-refractivity contribution >= 4 is 16.9 Å². The van der Waals surface area contributed by atoms with E-state index >= 15 is 0 Å². The Morgan fingerprint density at radius 3 is 3.10 bits per heavy atom. The summed E-state index contributed by atoms with van der Waals surface area (Å²) in [4.78, 5) is 12.0. The van der Waals surface area contributed by atoms with E-state index in [4.69, 9.17) is 4.52 Å². The first kappa shape index (κ1) is 12.3. The summed E-state index contributed by atoms with van der Waals surface area (Å²) in [7, 11) is 0. The van der Waals surface area contributed by atoms with Crippen molar-refractivity contribution in [2.45, 2.75) is 19.4 Å². The van der Waals surface area contributed by atoms with E-state index in [0.29, 0.717) is 17.1 Å². The predicted octanol–water partition coefficient (Wildman–Crippen LogP) is 0.761. The molecular weight excluding hydrogens is 260 g/mol. The molecule has 0 radical (unpaired) electrons. The number of fused-ring (bicyclic) bond motifs is 1. The Bertz CT molecular complexity index is 720. The number of nitrogens with zero attached hydrogens (tertiary/aromatic N) is 4. The maximum absolute atomic E-state index is 12.0. The zero-order valence-corrected chi connectivity index (χ0v) is 10.7. The molecule has 2 N–H and O–H groups in total. The molecule has 0 fully saturated rings. The normalized spacial score (nSPS) is 12.4. The fraction of sp³-hybridized carbons (Fsp3) is 0.250. The molecule has 0 saturated carbocycles. The summed E-state index contributed by atoms with van der Waals surface area (Å²) < 4.78 is 5.16. The van der Waals surface area contributed by atoms with Gasteiger partial charge < -0.3 is 9.84 Å². The molecule has 20 heavy (non-hydrogen) atoms. The number of carbonyl (C=O) groups is 1. The van der Waals surface area contributed by atoms with Crippen LogP contribution < -0.4 is 5.32 Å². The zero-order valence-electron chi connectivity index (χ0n) is 10.7. The lowest BCUT2D eigenvalue weighted by Crippen LogP contribution is -2.29. The van der Waals surface area contributed by atoms with Crippen LogP contribution in [0.3, 0.4) is 0 Å². The van der Waals surface area contributed by atoms with Crippen LogP contribution in [0.1, 0.15) is 24.5 Å². The van der Waals surface area contributed by atoms with Gasteiger partial charge in [0, 0.05) is 5.39 Å². The number of tetrazole rings is 1. The number of aromatic nitrogens is 5. The van der Waals surface area contributed by atoms with Crippen LogP contribution in [0.25, 0.3) is 11.0 Å². The molecule has 1 unspecified atom stereocenters. The molecule has 2 aromatic heterocycles. The van der Waals surface area contributed by atoms with Gasteiger partial charge in [-0.2, -0.15) is 5.21 Å². The van der Waals surface area contributed by atoms with E-state index in [1.54, 1.807) is 6.92 Å². The number of amides is 1.